The van der Waals surface area contributed by atoms with Crippen LogP contribution in [-0.2, 0) is 10.2 Å². The van der Waals surface area contributed by atoms with E-state index in [1.807, 2.05) is 0 Å². The van der Waals surface area contributed by atoms with Gasteiger partial charge in [-0.3, -0.25) is 0 Å². The molecule has 132 valence electrons. The highest BCUT2D eigenvalue weighted by atomic mass is 28.3. The van der Waals surface area contributed by atoms with Crippen molar-refractivity contribution in [2.45, 2.75) is 63.6 Å². The lowest BCUT2D eigenvalue weighted by molar-refractivity contribution is -0.00878. The topological polar surface area (TPSA) is 18.5 Å². The van der Waals surface area contributed by atoms with Crippen molar-refractivity contribution in [2.75, 3.05) is 13.9 Å². The molecule has 0 aromatic heterocycles. The average molecular weight is 345 g/mol. The third-order valence-electron chi connectivity index (χ3n) is 6.79. The predicted octanol–water partition coefficient (Wildman–Crippen LogP) is 4.68. The molecular weight excluding hydrogens is 312 g/mol. The molecule has 0 aliphatic heterocycles. The minimum atomic E-state index is -1.32. The number of hydrogen-bond acceptors (Lipinski definition) is 2. The summed E-state index contributed by atoms with van der Waals surface area (Å²) < 4.78 is 11.2. The molecule has 4 saturated carbocycles. The largest absolute Gasteiger partial charge is 0.467 e. The van der Waals surface area contributed by atoms with Gasteiger partial charge in [-0.05, 0) is 67.8 Å². The number of rotatable bonds is 5. The Bertz CT molecular complexity index is 581. The van der Waals surface area contributed by atoms with Gasteiger partial charge in [-0.15, -0.1) is 0 Å². The fourth-order valence-electron chi connectivity index (χ4n) is 6.10. The third kappa shape index (κ3) is 2.84. The Morgan fingerprint density at radius 1 is 1.00 bits per heavy atom. The van der Waals surface area contributed by atoms with Gasteiger partial charge in [-0.1, -0.05) is 37.0 Å². The Hall–Kier alpha value is -0.803. The average Bonchev–Trinajstić information content (AvgIpc) is 2.50. The molecule has 0 N–H and O–H groups in total. The third-order valence-corrected chi connectivity index (χ3v) is 8.83. The summed E-state index contributed by atoms with van der Waals surface area (Å²) in [7, 11) is 0.389. The van der Waals surface area contributed by atoms with Gasteiger partial charge in [0.05, 0.1) is 8.07 Å². The molecule has 4 bridgehead atoms. The van der Waals surface area contributed by atoms with Crippen LogP contribution >= 0.6 is 0 Å². The van der Waals surface area contributed by atoms with Gasteiger partial charge in [-0.2, -0.15) is 0 Å². The summed E-state index contributed by atoms with van der Waals surface area (Å²) in [5.74, 6) is 3.96. The molecule has 0 radical (unpaired) electrons. The Kier molecular flexibility index (Phi) is 4.08. The van der Waals surface area contributed by atoms with Crippen LogP contribution in [0, 0.1) is 17.8 Å². The van der Waals surface area contributed by atoms with Gasteiger partial charge in [-0.25, -0.2) is 0 Å². The zero-order valence-electron chi connectivity index (χ0n) is 15.7. The summed E-state index contributed by atoms with van der Waals surface area (Å²) in [5, 5.41) is 1.57. The minimum Gasteiger partial charge on any atom is -0.467 e. The van der Waals surface area contributed by atoms with Crippen molar-refractivity contribution < 1.29 is 9.47 Å². The molecule has 0 amide bonds. The van der Waals surface area contributed by atoms with Gasteiger partial charge >= 0.3 is 0 Å². The van der Waals surface area contributed by atoms with Gasteiger partial charge < -0.3 is 9.47 Å². The molecule has 24 heavy (non-hydrogen) atoms. The first-order chi connectivity index (χ1) is 11.4. The molecule has 0 unspecified atom stereocenters. The van der Waals surface area contributed by atoms with E-state index in [0.717, 1.165) is 23.5 Å². The fraction of sp³-hybridized carbons (Fsp3) is 0.714. The Morgan fingerprint density at radius 2 is 1.58 bits per heavy atom. The van der Waals surface area contributed by atoms with E-state index in [-0.39, 0.29) is 0 Å². The molecule has 2 nitrogen and oxygen atoms in total. The lowest BCUT2D eigenvalue weighted by atomic mass is 9.48. The zero-order valence-corrected chi connectivity index (χ0v) is 16.7. The molecule has 0 atom stereocenters. The first-order valence-corrected chi connectivity index (χ1v) is 13.2. The summed E-state index contributed by atoms with van der Waals surface area (Å²) in [4.78, 5) is 0. The molecule has 0 heterocycles. The standard InChI is InChI=1S/C21H32O2Si/c1-22-14-23-20-6-5-18(24(2,3)4)10-19(20)21-11-15-7-16(12-21)9-17(8-15)13-21/h5-6,10,15-17H,7-9,11-14H2,1-4H3. The number of hydrogen-bond donors (Lipinski definition) is 0. The minimum absolute atomic E-state index is 0.353. The van der Waals surface area contributed by atoms with Crippen LogP contribution in [0.2, 0.25) is 19.6 Å². The summed E-state index contributed by atoms with van der Waals surface area (Å²) >= 11 is 0. The quantitative estimate of drug-likeness (QED) is 0.570. The van der Waals surface area contributed by atoms with Crippen LogP contribution in [-0.4, -0.2) is 22.0 Å². The van der Waals surface area contributed by atoms with Gasteiger partial charge in [0.25, 0.3) is 0 Å². The second kappa shape index (κ2) is 5.88. The normalized spacial score (nSPS) is 34.6. The monoisotopic (exact) mass is 344 g/mol. The molecule has 3 heteroatoms. The van der Waals surface area contributed by atoms with Crippen molar-refractivity contribution in [3.8, 4) is 5.75 Å². The van der Waals surface area contributed by atoms with Crippen LogP contribution in [0.25, 0.3) is 0 Å². The smallest absolute Gasteiger partial charge is 0.188 e. The molecule has 1 aromatic rings. The summed E-state index contributed by atoms with van der Waals surface area (Å²) in [6.07, 6.45) is 8.62. The molecular formula is C21H32O2Si. The van der Waals surface area contributed by atoms with Crippen LogP contribution in [0.1, 0.15) is 44.1 Å². The van der Waals surface area contributed by atoms with E-state index < -0.39 is 8.07 Å². The Labute approximate surface area is 147 Å². The van der Waals surface area contributed by atoms with E-state index in [9.17, 15) is 0 Å². The van der Waals surface area contributed by atoms with Gasteiger partial charge in [0.15, 0.2) is 6.79 Å². The fourth-order valence-corrected chi connectivity index (χ4v) is 7.26. The number of benzene rings is 1. The maximum absolute atomic E-state index is 6.04. The lowest BCUT2D eigenvalue weighted by Crippen LogP contribution is -2.49. The van der Waals surface area contributed by atoms with Crippen molar-refractivity contribution >= 4 is 13.3 Å². The lowest BCUT2D eigenvalue weighted by Gasteiger charge is -2.57. The van der Waals surface area contributed by atoms with Crippen molar-refractivity contribution in [1.29, 1.82) is 0 Å². The predicted molar refractivity (Wildman–Crippen MR) is 102 cm³/mol. The molecule has 4 fully saturated rings. The van der Waals surface area contributed by atoms with E-state index in [1.54, 1.807) is 12.3 Å². The van der Waals surface area contributed by atoms with Crippen molar-refractivity contribution in [1.82, 2.24) is 0 Å². The van der Waals surface area contributed by atoms with E-state index in [1.165, 1.54) is 44.1 Å². The van der Waals surface area contributed by atoms with Crippen molar-refractivity contribution in [3.63, 3.8) is 0 Å². The first kappa shape index (κ1) is 16.7. The number of methoxy groups -OCH3 is 1. The zero-order chi connectivity index (χ0) is 16.9. The van der Waals surface area contributed by atoms with Gasteiger partial charge in [0.1, 0.15) is 5.75 Å². The summed E-state index contributed by atoms with van der Waals surface area (Å²) in [6, 6.07) is 7.08. The van der Waals surface area contributed by atoms with E-state index >= 15 is 0 Å². The van der Waals surface area contributed by atoms with Crippen molar-refractivity contribution in [3.05, 3.63) is 23.8 Å². The highest BCUT2D eigenvalue weighted by Crippen LogP contribution is 2.61. The summed E-state index contributed by atoms with van der Waals surface area (Å²) in [6.45, 7) is 7.69. The number of ether oxygens (including phenoxy) is 2. The van der Waals surface area contributed by atoms with Crippen LogP contribution in [0.15, 0.2) is 18.2 Å². The molecule has 4 aliphatic rings. The van der Waals surface area contributed by atoms with Gasteiger partial charge in [0, 0.05) is 12.7 Å². The van der Waals surface area contributed by atoms with Crippen LogP contribution in [0.4, 0.5) is 0 Å². The van der Waals surface area contributed by atoms with Crippen LogP contribution in [0.3, 0.4) is 0 Å². The molecule has 5 rings (SSSR count). The van der Waals surface area contributed by atoms with Crippen LogP contribution in [0.5, 0.6) is 5.75 Å². The molecule has 0 spiro atoms. The maximum atomic E-state index is 6.04. The van der Waals surface area contributed by atoms with E-state index in [4.69, 9.17) is 9.47 Å². The first-order valence-electron chi connectivity index (χ1n) is 9.66. The SMILES string of the molecule is COCOc1ccc([Si](C)(C)C)cc1C12CC3CC(CC(C3)C1)C2. The summed E-state index contributed by atoms with van der Waals surface area (Å²) in [5.41, 5.74) is 1.89. The Balaban J connectivity index is 1.77. The van der Waals surface area contributed by atoms with Crippen molar-refractivity contribution in [2.24, 2.45) is 17.8 Å². The molecule has 1 aromatic carbocycles. The molecule has 4 aliphatic carbocycles. The highest BCUT2D eigenvalue weighted by Gasteiger charge is 2.52. The molecule has 0 saturated heterocycles. The highest BCUT2D eigenvalue weighted by molar-refractivity contribution is 6.88. The Morgan fingerprint density at radius 3 is 2.08 bits per heavy atom. The second-order valence-electron chi connectivity index (χ2n) is 9.71. The maximum Gasteiger partial charge on any atom is 0.188 e. The second-order valence-corrected chi connectivity index (χ2v) is 14.8. The van der Waals surface area contributed by atoms with Gasteiger partial charge in [0.2, 0.25) is 0 Å². The van der Waals surface area contributed by atoms with E-state index in [2.05, 4.69) is 37.8 Å². The van der Waals surface area contributed by atoms with E-state index in [0.29, 0.717) is 12.2 Å². The van der Waals surface area contributed by atoms with Crippen LogP contribution < -0.4 is 9.92 Å².